The lowest BCUT2D eigenvalue weighted by Crippen LogP contribution is -2.16. The molecule has 0 aromatic carbocycles. The molecule has 0 aromatic heterocycles. The van der Waals surface area contributed by atoms with Gasteiger partial charge in [0.15, 0.2) is 0 Å². The number of hydrogen-bond acceptors (Lipinski definition) is 0. The van der Waals surface area contributed by atoms with Crippen molar-refractivity contribution in [3.63, 3.8) is 0 Å². The summed E-state index contributed by atoms with van der Waals surface area (Å²) in [7, 11) is 0. The summed E-state index contributed by atoms with van der Waals surface area (Å²) in [5, 5.41) is 0. The molecular weight excluding hydrogens is 192 g/mol. The third-order valence-electron chi connectivity index (χ3n) is 3.45. The summed E-state index contributed by atoms with van der Waals surface area (Å²) in [6, 6.07) is 0. The van der Waals surface area contributed by atoms with Crippen molar-refractivity contribution in [3.8, 4) is 11.8 Å². The van der Waals surface area contributed by atoms with Crippen LogP contribution in [0.25, 0.3) is 0 Å². The first-order valence-electron chi connectivity index (χ1n) is 6.94. The van der Waals surface area contributed by atoms with Crippen LogP contribution in [-0.2, 0) is 0 Å². The minimum atomic E-state index is 0.453. The Kier molecular flexibility index (Phi) is 8.44. The zero-order chi connectivity index (χ0) is 12.4. The Morgan fingerprint density at radius 1 is 0.938 bits per heavy atom. The van der Waals surface area contributed by atoms with E-state index in [0.29, 0.717) is 5.41 Å². The summed E-state index contributed by atoms with van der Waals surface area (Å²) in [6.45, 7) is 11.6. The van der Waals surface area contributed by atoms with Gasteiger partial charge in [0.2, 0.25) is 0 Å². The topological polar surface area (TPSA) is 0 Å². The maximum Gasteiger partial charge on any atom is 0.00887 e. The van der Waals surface area contributed by atoms with Crippen molar-refractivity contribution in [2.75, 3.05) is 0 Å². The molecule has 0 saturated carbocycles. The van der Waals surface area contributed by atoms with Gasteiger partial charge in [-0.15, -0.1) is 11.8 Å². The molecule has 16 heavy (non-hydrogen) atoms. The van der Waals surface area contributed by atoms with Crippen LogP contribution in [0.5, 0.6) is 0 Å². The highest BCUT2D eigenvalue weighted by Gasteiger charge is 2.18. The predicted molar refractivity (Wildman–Crippen MR) is 74.4 cm³/mol. The zero-order valence-corrected chi connectivity index (χ0v) is 12.0. The molecule has 94 valence electrons. The average molecular weight is 222 g/mol. The summed E-state index contributed by atoms with van der Waals surface area (Å²) in [6.07, 6.45) is 8.67. The smallest absolute Gasteiger partial charge is 0.00887 e. The van der Waals surface area contributed by atoms with E-state index in [4.69, 9.17) is 0 Å². The van der Waals surface area contributed by atoms with Crippen LogP contribution in [0.15, 0.2) is 0 Å². The predicted octanol–water partition coefficient (Wildman–Crippen LogP) is 5.42. The van der Waals surface area contributed by atoms with Crippen LogP contribution < -0.4 is 0 Å². The fraction of sp³-hybridized carbons (Fsp3) is 0.875. The molecule has 0 heterocycles. The van der Waals surface area contributed by atoms with Gasteiger partial charge in [-0.2, -0.15) is 0 Å². The Morgan fingerprint density at radius 3 is 2.00 bits per heavy atom. The third kappa shape index (κ3) is 8.84. The molecule has 0 aromatic rings. The van der Waals surface area contributed by atoms with Crippen LogP contribution >= 0.6 is 0 Å². The molecule has 0 bridgehead atoms. The molecule has 0 amide bonds. The van der Waals surface area contributed by atoms with E-state index in [9.17, 15) is 0 Å². The SMILES string of the molecule is CCCCCC#CCCCC(C)C(C)(C)C. The first-order valence-corrected chi connectivity index (χ1v) is 6.94. The lowest BCUT2D eigenvalue weighted by Gasteiger charge is -2.26. The molecule has 0 fully saturated rings. The first-order chi connectivity index (χ1) is 7.48. The van der Waals surface area contributed by atoms with Crippen molar-refractivity contribution < 1.29 is 0 Å². The standard InChI is InChI=1S/C16H30/c1-6-7-8-9-10-11-12-13-14-15(2)16(3,4)5/h15H,6-9,12-14H2,1-5H3. The van der Waals surface area contributed by atoms with E-state index in [-0.39, 0.29) is 0 Å². The molecule has 0 aliphatic heterocycles. The monoisotopic (exact) mass is 222 g/mol. The quantitative estimate of drug-likeness (QED) is 0.415. The van der Waals surface area contributed by atoms with Crippen LogP contribution in [0.4, 0.5) is 0 Å². The summed E-state index contributed by atoms with van der Waals surface area (Å²) < 4.78 is 0. The van der Waals surface area contributed by atoms with E-state index < -0.39 is 0 Å². The number of hydrogen-bond donors (Lipinski definition) is 0. The van der Waals surface area contributed by atoms with Crippen LogP contribution in [-0.4, -0.2) is 0 Å². The van der Waals surface area contributed by atoms with Crippen LogP contribution in [0.3, 0.4) is 0 Å². The summed E-state index contributed by atoms with van der Waals surface area (Å²) in [4.78, 5) is 0. The molecular formula is C16H30. The van der Waals surface area contributed by atoms with Gasteiger partial charge in [0.25, 0.3) is 0 Å². The summed E-state index contributed by atoms with van der Waals surface area (Å²) >= 11 is 0. The third-order valence-corrected chi connectivity index (χ3v) is 3.45. The molecule has 0 saturated heterocycles. The van der Waals surface area contributed by atoms with E-state index in [2.05, 4.69) is 46.5 Å². The van der Waals surface area contributed by atoms with Gasteiger partial charge in [0.05, 0.1) is 0 Å². The largest absolute Gasteiger partial charge is 0.103 e. The van der Waals surface area contributed by atoms with Gasteiger partial charge in [0.1, 0.15) is 0 Å². The number of unbranched alkanes of at least 4 members (excludes halogenated alkanes) is 4. The van der Waals surface area contributed by atoms with Crippen molar-refractivity contribution in [1.82, 2.24) is 0 Å². The maximum atomic E-state index is 3.30. The van der Waals surface area contributed by atoms with Crippen LogP contribution in [0.1, 0.15) is 79.6 Å². The van der Waals surface area contributed by atoms with Gasteiger partial charge >= 0.3 is 0 Å². The van der Waals surface area contributed by atoms with Gasteiger partial charge in [-0.1, -0.05) is 47.5 Å². The second kappa shape index (κ2) is 8.68. The fourth-order valence-corrected chi connectivity index (χ4v) is 1.57. The molecule has 0 nitrogen and oxygen atoms in total. The van der Waals surface area contributed by atoms with Crippen molar-refractivity contribution in [1.29, 1.82) is 0 Å². The average Bonchev–Trinajstić information content (AvgIpc) is 2.20. The number of rotatable bonds is 6. The van der Waals surface area contributed by atoms with Gasteiger partial charge < -0.3 is 0 Å². The minimum absolute atomic E-state index is 0.453. The first kappa shape index (κ1) is 15.6. The normalized spacial score (nSPS) is 13.1. The van der Waals surface area contributed by atoms with Crippen LogP contribution in [0, 0.1) is 23.2 Å². The molecule has 0 aliphatic rings. The molecule has 0 N–H and O–H groups in total. The van der Waals surface area contributed by atoms with Gasteiger partial charge in [-0.3, -0.25) is 0 Å². The highest BCUT2D eigenvalue weighted by molar-refractivity contribution is 4.98. The Morgan fingerprint density at radius 2 is 1.50 bits per heavy atom. The van der Waals surface area contributed by atoms with Crippen molar-refractivity contribution in [3.05, 3.63) is 0 Å². The summed E-state index contributed by atoms with van der Waals surface area (Å²) in [5.74, 6) is 7.38. The second-order valence-corrected chi connectivity index (χ2v) is 5.97. The van der Waals surface area contributed by atoms with Crippen molar-refractivity contribution >= 4 is 0 Å². The van der Waals surface area contributed by atoms with E-state index in [0.717, 1.165) is 18.8 Å². The van der Waals surface area contributed by atoms with E-state index in [1.165, 1.54) is 32.1 Å². The second-order valence-electron chi connectivity index (χ2n) is 5.97. The Balaban J connectivity index is 3.45. The minimum Gasteiger partial charge on any atom is -0.103 e. The Bertz CT molecular complexity index is 208. The Hall–Kier alpha value is -0.440. The molecule has 0 heteroatoms. The van der Waals surface area contributed by atoms with E-state index in [1.54, 1.807) is 0 Å². The van der Waals surface area contributed by atoms with Crippen molar-refractivity contribution in [2.24, 2.45) is 11.3 Å². The zero-order valence-electron chi connectivity index (χ0n) is 12.0. The molecule has 1 atom stereocenters. The lowest BCUT2D eigenvalue weighted by molar-refractivity contribution is 0.243. The maximum absolute atomic E-state index is 3.30. The Labute approximate surface area is 103 Å². The van der Waals surface area contributed by atoms with Gasteiger partial charge in [-0.25, -0.2) is 0 Å². The lowest BCUT2D eigenvalue weighted by atomic mass is 9.79. The van der Waals surface area contributed by atoms with Gasteiger partial charge in [-0.05, 0) is 30.6 Å². The molecule has 0 aliphatic carbocycles. The summed E-state index contributed by atoms with van der Waals surface area (Å²) in [5.41, 5.74) is 0.453. The highest BCUT2D eigenvalue weighted by Crippen LogP contribution is 2.29. The highest BCUT2D eigenvalue weighted by atomic mass is 14.2. The van der Waals surface area contributed by atoms with Gasteiger partial charge in [0, 0.05) is 12.8 Å². The van der Waals surface area contributed by atoms with Crippen molar-refractivity contribution in [2.45, 2.75) is 79.6 Å². The molecule has 0 spiro atoms. The molecule has 0 rings (SSSR count). The molecule has 1 unspecified atom stereocenters. The fourth-order valence-electron chi connectivity index (χ4n) is 1.57. The van der Waals surface area contributed by atoms with E-state index in [1.807, 2.05) is 0 Å². The molecule has 0 radical (unpaired) electrons. The van der Waals surface area contributed by atoms with Crippen LogP contribution in [0.2, 0.25) is 0 Å². The van der Waals surface area contributed by atoms with E-state index >= 15 is 0 Å².